The van der Waals surface area contributed by atoms with Gasteiger partial charge in [-0.15, -0.1) is 0 Å². The summed E-state index contributed by atoms with van der Waals surface area (Å²) in [7, 11) is 0. The summed E-state index contributed by atoms with van der Waals surface area (Å²) in [6.45, 7) is 6.41. The van der Waals surface area contributed by atoms with Gasteiger partial charge in [0.05, 0.1) is 0 Å². The quantitative estimate of drug-likeness (QED) is 0.0202. The van der Waals surface area contributed by atoms with Gasteiger partial charge in [-0.1, -0.05) is 178 Å². The highest BCUT2D eigenvalue weighted by atomic mass is 16.6. The predicted octanol–water partition coefficient (Wildman–Crippen LogP) is 14.9. The van der Waals surface area contributed by atoms with Crippen molar-refractivity contribution >= 4 is 17.9 Å². The summed E-state index contributed by atoms with van der Waals surface area (Å²) in [6.07, 6.45) is 53.5. The highest BCUT2D eigenvalue weighted by molar-refractivity contribution is 5.71. The molecule has 0 aromatic rings. The standard InChI is InChI=1S/C50H86O6/c1-4-7-10-13-16-19-21-23-25-27-28-31-34-37-40-43-49(52)55-46-47(45-54-48(51)42-39-36-33-30-18-15-12-9-6-3)56-50(53)44-41-38-35-32-29-26-24-22-20-17-14-11-8-5-2/h7,10,13,16,19,21,26,29-30,33,47H,4-6,8-9,11-12,14-15,17-18,20,22-25,27-28,31-32,34-46H2,1-3H3/b10-7-,16-13-,21-19-,29-26-,33-30-. The van der Waals surface area contributed by atoms with Gasteiger partial charge in [-0.25, -0.2) is 0 Å². The van der Waals surface area contributed by atoms with Crippen LogP contribution in [-0.2, 0) is 28.6 Å². The molecule has 0 saturated carbocycles. The maximum atomic E-state index is 12.7. The lowest BCUT2D eigenvalue weighted by Crippen LogP contribution is -2.30. The highest BCUT2D eigenvalue weighted by Crippen LogP contribution is 2.13. The molecule has 0 fully saturated rings. The minimum atomic E-state index is -0.795. The van der Waals surface area contributed by atoms with Gasteiger partial charge in [0.15, 0.2) is 6.10 Å². The minimum absolute atomic E-state index is 0.0954. The Morgan fingerprint density at radius 2 is 0.732 bits per heavy atom. The number of carbonyl (C=O) groups is 3. The minimum Gasteiger partial charge on any atom is -0.462 e. The van der Waals surface area contributed by atoms with Crippen molar-refractivity contribution in [1.82, 2.24) is 0 Å². The van der Waals surface area contributed by atoms with Crippen molar-refractivity contribution in [2.24, 2.45) is 0 Å². The Kier molecular flexibility index (Phi) is 42.5. The first-order valence-corrected chi connectivity index (χ1v) is 23.3. The molecule has 0 aliphatic heterocycles. The van der Waals surface area contributed by atoms with Crippen molar-refractivity contribution in [2.75, 3.05) is 13.2 Å². The van der Waals surface area contributed by atoms with Crippen LogP contribution in [0.4, 0.5) is 0 Å². The van der Waals surface area contributed by atoms with Crippen LogP contribution in [0.3, 0.4) is 0 Å². The van der Waals surface area contributed by atoms with Crippen molar-refractivity contribution in [1.29, 1.82) is 0 Å². The van der Waals surface area contributed by atoms with E-state index in [1.54, 1.807) is 0 Å². The summed E-state index contributed by atoms with van der Waals surface area (Å²) >= 11 is 0. The summed E-state index contributed by atoms with van der Waals surface area (Å²) in [5.41, 5.74) is 0. The molecule has 0 aliphatic carbocycles. The Bertz CT molecular complexity index is 1040. The molecule has 0 N–H and O–H groups in total. The Balaban J connectivity index is 4.41. The summed E-state index contributed by atoms with van der Waals surface area (Å²) in [4.78, 5) is 37.7. The normalized spacial score (nSPS) is 12.6. The van der Waals surface area contributed by atoms with Crippen LogP contribution < -0.4 is 0 Å². The topological polar surface area (TPSA) is 78.9 Å². The van der Waals surface area contributed by atoms with Crippen LogP contribution in [-0.4, -0.2) is 37.2 Å². The molecule has 0 saturated heterocycles. The Morgan fingerprint density at radius 1 is 0.375 bits per heavy atom. The van der Waals surface area contributed by atoms with E-state index in [2.05, 4.69) is 81.5 Å². The number of allylic oxidation sites excluding steroid dienone is 10. The van der Waals surface area contributed by atoms with E-state index in [-0.39, 0.29) is 31.1 Å². The van der Waals surface area contributed by atoms with Gasteiger partial charge in [0.25, 0.3) is 0 Å². The van der Waals surface area contributed by atoms with E-state index in [1.807, 2.05) is 0 Å². The molecule has 56 heavy (non-hydrogen) atoms. The zero-order chi connectivity index (χ0) is 40.8. The van der Waals surface area contributed by atoms with E-state index in [4.69, 9.17) is 14.2 Å². The van der Waals surface area contributed by atoms with Gasteiger partial charge in [-0.05, 0) is 83.5 Å². The highest BCUT2D eigenvalue weighted by Gasteiger charge is 2.19. The second kappa shape index (κ2) is 44.8. The van der Waals surface area contributed by atoms with Gasteiger partial charge >= 0.3 is 17.9 Å². The molecule has 0 rings (SSSR count). The fourth-order valence-corrected chi connectivity index (χ4v) is 6.26. The van der Waals surface area contributed by atoms with Crippen molar-refractivity contribution in [3.63, 3.8) is 0 Å². The zero-order valence-corrected chi connectivity index (χ0v) is 36.6. The third-order valence-electron chi connectivity index (χ3n) is 9.79. The van der Waals surface area contributed by atoms with Crippen molar-refractivity contribution in [3.8, 4) is 0 Å². The molecule has 0 amide bonds. The van der Waals surface area contributed by atoms with Crippen LogP contribution in [0.5, 0.6) is 0 Å². The number of rotatable bonds is 41. The first-order valence-electron chi connectivity index (χ1n) is 23.3. The van der Waals surface area contributed by atoms with Crippen LogP contribution >= 0.6 is 0 Å². The molecule has 0 aromatic carbocycles. The smallest absolute Gasteiger partial charge is 0.306 e. The number of carbonyl (C=O) groups excluding carboxylic acids is 3. The molecule has 0 heterocycles. The lowest BCUT2D eigenvalue weighted by atomic mass is 10.1. The second-order valence-electron chi connectivity index (χ2n) is 15.3. The molecule has 0 spiro atoms. The van der Waals surface area contributed by atoms with Crippen LogP contribution in [0.15, 0.2) is 60.8 Å². The fourth-order valence-electron chi connectivity index (χ4n) is 6.26. The molecule has 0 radical (unpaired) electrons. The van der Waals surface area contributed by atoms with Crippen LogP contribution in [0, 0.1) is 0 Å². The van der Waals surface area contributed by atoms with E-state index in [1.165, 1.54) is 96.3 Å². The lowest BCUT2D eigenvalue weighted by molar-refractivity contribution is -0.167. The molecular weight excluding hydrogens is 697 g/mol. The fraction of sp³-hybridized carbons (Fsp3) is 0.740. The average molecular weight is 783 g/mol. The number of esters is 3. The summed E-state index contributed by atoms with van der Waals surface area (Å²) in [6, 6.07) is 0. The SMILES string of the molecule is CC\C=C/C=C\C=C/CCCCCCCCCC(=O)OCC(COC(=O)CCC/C=C\CCCCCC)OC(=O)CCCCC/C=C\CCCCCCCCC. The Hall–Kier alpha value is -2.89. The number of unbranched alkanes of at least 4 members (excludes halogenated alkanes) is 22. The molecule has 1 atom stereocenters. The summed E-state index contributed by atoms with van der Waals surface area (Å²) in [5, 5.41) is 0. The third-order valence-corrected chi connectivity index (χ3v) is 9.79. The summed E-state index contributed by atoms with van der Waals surface area (Å²) < 4.78 is 16.6. The van der Waals surface area contributed by atoms with Gasteiger partial charge in [0, 0.05) is 19.3 Å². The molecule has 322 valence electrons. The average Bonchev–Trinajstić information content (AvgIpc) is 3.19. The first kappa shape index (κ1) is 53.1. The predicted molar refractivity (Wildman–Crippen MR) is 238 cm³/mol. The van der Waals surface area contributed by atoms with E-state index >= 15 is 0 Å². The molecule has 1 unspecified atom stereocenters. The lowest BCUT2D eigenvalue weighted by Gasteiger charge is -2.18. The van der Waals surface area contributed by atoms with E-state index in [0.29, 0.717) is 25.7 Å². The van der Waals surface area contributed by atoms with E-state index in [9.17, 15) is 14.4 Å². The van der Waals surface area contributed by atoms with E-state index in [0.717, 1.165) is 77.0 Å². The maximum Gasteiger partial charge on any atom is 0.306 e. The molecule has 0 aromatic heterocycles. The Morgan fingerprint density at radius 3 is 1.23 bits per heavy atom. The molecular formula is C50H86O6. The molecule has 0 bridgehead atoms. The first-order chi connectivity index (χ1) is 27.5. The van der Waals surface area contributed by atoms with Gasteiger partial charge in [-0.2, -0.15) is 0 Å². The Labute approximate surface area is 345 Å². The van der Waals surface area contributed by atoms with Gasteiger partial charge in [0.2, 0.25) is 0 Å². The molecule has 0 aliphatic rings. The maximum absolute atomic E-state index is 12.7. The number of hydrogen-bond donors (Lipinski definition) is 0. The number of ether oxygens (including phenoxy) is 3. The van der Waals surface area contributed by atoms with Gasteiger partial charge in [0.1, 0.15) is 13.2 Å². The molecule has 6 heteroatoms. The van der Waals surface area contributed by atoms with E-state index < -0.39 is 6.10 Å². The summed E-state index contributed by atoms with van der Waals surface area (Å²) in [5.74, 6) is -0.962. The van der Waals surface area contributed by atoms with Gasteiger partial charge in [-0.3, -0.25) is 14.4 Å². The van der Waals surface area contributed by atoms with Crippen molar-refractivity contribution in [3.05, 3.63) is 60.8 Å². The van der Waals surface area contributed by atoms with Crippen LogP contribution in [0.1, 0.15) is 220 Å². The zero-order valence-electron chi connectivity index (χ0n) is 36.6. The number of hydrogen-bond acceptors (Lipinski definition) is 6. The monoisotopic (exact) mass is 783 g/mol. The van der Waals surface area contributed by atoms with Crippen LogP contribution in [0.2, 0.25) is 0 Å². The molecule has 6 nitrogen and oxygen atoms in total. The van der Waals surface area contributed by atoms with Gasteiger partial charge < -0.3 is 14.2 Å². The largest absolute Gasteiger partial charge is 0.462 e. The third kappa shape index (κ3) is 42.3. The van der Waals surface area contributed by atoms with Crippen molar-refractivity contribution < 1.29 is 28.6 Å². The van der Waals surface area contributed by atoms with Crippen LogP contribution in [0.25, 0.3) is 0 Å². The van der Waals surface area contributed by atoms with Crippen molar-refractivity contribution in [2.45, 2.75) is 226 Å². The second-order valence-corrected chi connectivity index (χ2v) is 15.3.